The minimum atomic E-state index is -0.502. The topological polar surface area (TPSA) is 61.6 Å². The van der Waals surface area contributed by atoms with Crippen molar-refractivity contribution in [2.24, 2.45) is 5.73 Å². The van der Waals surface area contributed by atoms with Gasteiger partial charge in [0.05, 0.1) is 18.8 Å². The molecule has 0 fully saturated rings. The SMILES string of the molecule is CCCOc1ccc(OCCC)c(C(N)=O)c1. The van der Waals surface area contributed by atoms with Crippen molar-refractivity contribution in [2.75, 3.05) is 13.2 Å². The Balaban J connectivity index is 2.87. The zero-order valence-electron chi connectivity index (χ0n) is 10.4. The standard InChI is InChI=1S/C13H19NO3/c1-3-7-16-10-5-6-12(17-8-4-2)11(9-10)13(14)15/h5-6,9H,3-4,7-8H2,1-2H3,(H2,14,15). The Hall–Kier alpha value is -1.71. The number of primary amides is 1. The molecule has 0 unspecified atom stereocenters. The second kappa shape index (κ2) is 6.78. The molecule has 0 aliphatic heterocycles. The van der Waals surface area contributed by atoms with Crippen molar-refractivity contribution in [3.63, 3.8) is 0 Å². The Morgan fingerprint density at radius 2 is 1.82 bits per heavy atom. The van der Waals surface area contributed by atoms with Crippen LogP contribution in [0.25, 0.3) is 0 Å². The van der Waals surface area contributed by atoms with Crippen LogP contribution in [-0.4, -0.2) is 19.1 Å². The minimum Gasteiger partial charge on any atom is -0.494 e. The lowest BCUT2D eigenvalue weighted by atomic mass is 10.2. The second-order valence-corrected chi connectivity index (χ2v) is 3.72. The average molecular weight is 237 g/mol. The van der Waals surface area contributed by atoms with Gasteiger partial charge < -0.3 is 15.2 Å². The van der Waals surface area contributed by atoms with Crippen LogP contribution < -0.4 is 15.2 Å². The van der Waals surface area contributed by atoms with Crippen LogP contribution in [-0.2, 0) is 0 Å². The minimum absolute atomic E-state index is 0.368. The predicted octanol–water partition coefficient (Wildman–Crippen LogP) is 2.36. The fourth-order valence-electron chi connectivity index (χ4n) is 1.35. The molecule has 2 N–H and O–H groups in total. The molecule has 0 saturated carbocycles. The highest BCUT2D eigenvalue weighted by Gasteiger charge is 2.10. The van der Waals surface area contributed by atoms with Gasteiger partial charge in [-0.3, -0.25) is 4.79 Å². The summed E-state index contributed by atoms with van der Waals surface area (Å²) in [5.74, 6) is 0.658. The molecule has 1 aromatic carbocycles. The Kier molecular flexibility index (Phi) is 5.33. The van der Waals surface area contributed by atoms with E-state index in [1.807, 2.05) is 13.8 Å². The van der Waals surface area contributed by atoms with Crippen molar-refractivity contribution in [2.45, 2.75) is 26.7 Å². The quantitative estimate of drug-likeness (QED) is 0.791. The van der Waals surface area contributed by atoms with Gasteiger partial charge in [-0.15, -0.1) is 0 Å². The molecule has 1 rings (SSSR count). The number of ether oxygens (including phenoxy) is 2. The van der Waals surface area contributed by atoms with Crippen LogP contribution in [0.1, 0.15) is 37.0 Å². The summed E-state index contributed by atoms with van der Waals surface area (Å²) in [5, 5.41) is 0. The predicted molar refractivity (Wildman–Crippen MR) is 66.5 cm³/mol. The lowest BCUT2D eigenvalue weighted by Crippen LogP contribution is -2.13. The number of benzene rings is 1. The van der Waals surface area contributed by atoms with Crippen LogP contribution >= 0.6 is 0 Å². The zero-order chi connectivity index (χ0) is 12.7. The molecule has 0 aliphatic rings. The third-order valence-electron chi connectivity index (χ3n) is 2.15. The second-order valence-electron chi connectivity index (χ2n) is 3.72. The highest BCUT2D eigenvalue weighted by Crippen LogP contribution is 2.24. The number of rotatable bonds is 7. The lowest BCUT2D eigenvalue weighted by molar-refractivity contribution is 0.0996. The summed E-state index contributed by atoms with van der Waals surface area (Å²) >= 11 is 0. The van der Waals surface area contributed by atoms with Crippen molar-refractivity contribution in [3.05, 3.63) is 23.8 Å². The smallest absolute Gasteiger partial charge is 0.252 e. The molecule has 1 aromatic rings. The molecule has 0 atom stereocenters. The Morgan fingerprint density at radius 3 is 2.41 bits per heavy atom. The maximum Gasteiger partial charge on any atom is 0.252 e. The van der Waals surface area contributed by atoms with Crippen molar-refractivity contribution < 1.29 is 14.3 Å². The van der Waals surface area contributed by atoms with Crippen LogP contribution in [0.4, 0.5) is 0 Å². The molecule has 4 heteroatoms. The number of nitrogens with two attached hydrogens (primary N) is 1. The third-order valence-corrected chi connectivity index (χ3v) is 2.15. The van der Waals surface area contributed by atoms with E-state index < -0.39 is 5.91 Å². The third kappa shape index (κ3) is 3.98. The van der Waals surface area contributed by atoms with Crippen LogP contribution in [0.3, 0.4) is 0 Å². The molecule has 0 aliphatic carbocycles. The molecule has 0 radical (unpaired) electrons. The number of hydrogen-bond acceptors (Lipinski definition) is 3. The first-order chi connectivity index (χ1) is 8.19. The summed E-state index contributed by atoms with van der Waals surface area (Å²) in [6.07, 6.45) is 1.80. The Labute approximate surface area is 102 Å². The summed E-state index contributed by atoms with van der Waals surface area (Å²) in [4.78, 5) is 11.3. The van der Waals surface area contributed by atoms with E-state index in [-0.39, 0.29) is 0 Å². The number of carbonyl (C=O) groups excluding carboxylic acids is 1. The first-order valence-electron chi connectivity index (χ1n) is 5.88. The Morgan fingerprint density at radius 1 is 1.18 bits per heavy atom. The largest absolute Gasteiger partial charge is 0.494 e. The Bertz CT molecular complexity index is 377. The van der Waals surface area contributed by atoms with E-state index >= 15 is 0 Å². The van der Waals surface area contributed by atoms with Gasteiger partial charge in [0.15, 0.2) is 0 Å². The monoisotopic (exact) mass is 237 g/mol. The van der Waals surface area contributed by atoms with Crippen LogP contribution in [0.15, 0.2) is 18.2 Å². The van der Waals surface area contributed by atoms with E-state index in [1.54, 1.807) is 18.2 Å². The molecule has 94 valence electrons. The molecule has 4 nitrogen and oxygen atoms in total. The number of carbonyl (C=O) groups is 1. The van der Waals surface area contributed by atoms with Gasteiger partial charge in [0, 0.05) is 0 Å². The highest BCUT2D eigenvalue weighted by molar-refractivity contribution is 5.96. The molecular formula is C13H19NO3. The van der Waals surface area contributed by atoms with Crippen molar-refractivity contribution in [1.29, 1.82) is 0 Å². The molecule has 0 heterocycles. The van der Waals surface area contributed by atoms with E-state index in [4.69, 9.17) is 15.2 Å². The highest BCUT2D eigenvalue weighted by atomic mass is 16.5. The first kappa shape index (κ1) is 13.4. The van der Waals surface area contributed by atoms with Crippen LogP contribution in [0.5, 0.6) is 11.5 Å². The molecule has 0 bridgehead atoms. The molecule has 0 saturated heterocycles. The van der Waals surface area contributed by atoms with Gasteiger partial charge in [0.2, 0.25) is 0 Å². The summed E-state index contributed by atoms with van der Waals surface area (Å²) in [5.41, 5.74) is 5.68. The maximum atomic E-state index is 11.3. The van der Waals surface area contributed by atoms with Gasteiger partial charge in [-0.2, -0.15) is 0 Å². The van der Waals surface area contributed by atoms with Crippen molar-refractivity contribution >= 4 is 5.91 Å². The molecule has 0 spiro atoms. The molecule has 1 amide bonds. The number of amides is 1. The van der Waals surface area contributed by atoms with E-state index in [0.29, 0.717) is 30.3 Å². The van der Waals surface area contributed by atoms with Crippen molar-refractivity contribution in [1.82, 2.24) is 0 Å². The fourth-order valence-corrected chi connectivity index (χ4v) is 1.35. The van der Waals surface area contributed by atoms with Gasteiger partial charge >= 0.3 is 0 Å². The zero-order valence-corrected chi connectivity index (χ0v) is 10.4. The average Bonchev–Trinajstić information content (AvgIpc) is 2.34. The maximum absolute atomic E-state index is 11.3. The lowest BCUT2D eigenvalue weighted by Gasteiger charge is -2.11. The van der Waals surface area contributed by atoms with E-state index in [0.717, 1.165) is 12.8 Å². The van der Waals surface area contributed by atoms with Gasteiger partial charge in [0.1, 0.15) is 11.5 Å². The molecule has 0 aromatic heterocycles. The molecular weight excluding hydrogens is 218 g/mol. The van der Waals surface area contributed by atoms with Gasteiger partial charge in [-0.1, -0.05) is 13.8 Å². The summed E-state index contributed by atoms with van der Waals surface area (Å²) in [6.45, 7) is 5.21. The van der Waals surface area contributed by atoms with Crippen LogP contribution in [0.2, 0.25) is 0 Å². The van der Waals surface area contributed by atoms with E-state index in [1.165, 1.54) is 0 Å². The normalized spacial score (nSPS) is 10.0. The van der Waals surface area contributed by atoms with Gasteiger partial charge in [0.25, 0.3) is 5.91 Å². The first-order valence-corrected chi connectivity index (χ1v) is 5.88. The van der Waals surface area contributed by atoms with E-state index in [9.17, 15) is 4.79 Å². The molecule has 17 heavy (non-hydrogen) atoms. The summed E-state index contributed by atoms with van der Waals surface area (Å²) in [6, 6.07) is 5.14. The summed E-state index contributed by atoms with van der Waals surface area (Å²) < 4.78 is 10.9. The fraction of sp³-hybridized carbons (Fsp3) is 0.462. The number of hydrogen-bond donors (Lipinski definition) is 1. The van der Waals surface area contributed by atoms with Gasteiger partial charge in [-0.25, -0.2) is 0 Å². The van der Waals surface area contributed by atoms with E-state index in [2.05, 4.69) is 0 Å². The van der Waals surface area contributed by atoms with Gasteiger partial charge in [-0.05, 0) is 31.0 Å². The summed E-state index contributed by atoms with van der Waals surface area (Å²) in [7, 11) is 0. The van der Waals surface area contributed by atoms with Crippen LogP contribution in [0, 0.1) is 0 Å². The van der Waals surface area contributed by atoms with Crippen molar-refractivity contribution in [3.8, 4) is 11.5 Å².